The molecule has 20 heavy (non-hydrogen) atoms. The van der Waals surface area contributed by atoms with E-state index in [4.69, 9.17) is 4.74 Å². The standard InChI is InChI=1S/C15H17N3O2/c19-15(12-20-11-13-4-2-1-3-5-13)17-8-9-18-14(10-17)6-7-16-18/h1-7H,8-12H2. The Kier molecular flexibility index (Phi) is 3.78. The lowest BCUT2D eigenvalue weighted by Crippen LogP contribution is -2.40. The van der Waals surface area contributed by atoms with Crippen LogP contribution < -0.4 is 0 Å². The number of ether oxygens (including phenoxy) is 1. The molecular weight excluding hydrogens is 254 g/mol. The molecule has 2 heterocycles. The van der Waals surface area contributed by atoms with E-state index in [1.165, 1.54) is 0 Å². The maximum Gasteiger partial charge on any atom is 0.248 e. The fourth-order valence-corrected chi connectivity index (χ4v) is 2.32. The van der Waals surface area contributed by atoms with Crippen LogP contribution >= 0.6 is 0 Å². The second-order valence-electron chi connectivity index (χ2n) is 4.84. The summed E-state index contributed by atoms with van der Waals surface area (Å²) in [7, 11) is 0. The van der Waals surface area contributed by atoms with Crippen molar-refractivity contribution in [1.82, 2.24) is 14.7 Å². The van der Waals surface area contributed by atoms with Gasteiger partial charge in [0.05, 0.1) is 25.4 Å². The predicted molar refractivity (Wildman–Crippen MR) is 73.7 cm³/mol. The number of carbonyl (C=O) groups is 1. The van der Waals surface area contributed by atoms with Crippen LogP contribution in [-0.4, -0.2) is 33.7 Å². The maximum absolute atomic E-state index is 12.1. The maximum atomic E-state index is 12.1. The molecule has 1 amide bonds. The van der Waals surface area contributed by atoms with Crippen LogP contribution in [0.25, 0.3) is 0 Å². The Morgan fingerprint density at radius 2 is 2.05 bits per heavy atom. The third-order valence-corrected chi connectivity index (χ3v) is 3.43. The molecule has 0 saturated carbocycles. The average Bonchev–Trinajstić information content (AvgIpc) is 2.95. The summed E-state index contributed by atoms with van der Waals surface area (Å²) in [5.41, 5.74) is 2.16. The number of fused-ring (bicyclic) bond motifs is 1. The van der Waals surface area contributed by atoms with Gasteiger partial charge < -0.3 is 9.64 Å². The average molecular weight is 271 g/mol. The van der Waals surface area contributed by atoms with E-state index in [1.54, 1.807) is 6.20 Å². The molecule has 0 radical (unpaired) electrons. The first-order valence-electron chi connectivity index (χ1n) is 6.73. The van der Waals surface area contributed by atoms with E-state index in [-0.39, 0.29) is 12.5 Å². The first-order chi connectivity index (χ1) is 9.83. The van der Waals surface area contributed by atoms with Gasteiger partial charge in [-0.25, -0.2) is 0 Å². The van der Waals surface area contributed by atoms with Gasteiger partial charge in [0.25, 0.3) is 0 Å². The minimum Gasteiger partial charge on any atom is -0.367 e. The van der Waals surface area contributed by atoms with Gasteiger partial charge in [-0.15, -0.1) is 0 Å². The lowest BCUT2D eigenvalue weighted by Gasteiger charge is -2.27. The van der Waals surface area contributed by atoms with E-state index in [0.717, 1.165) is 17.8 Å². The van der Waals surface area contributed by atoms with Crippen molar-refractivity contribution in [2.24, 2.45) is 0 Å². The zero-order valence-electron chi connectivity index (χ0n) is 11.2. The molecule has 0 saturated heterocycles. The zero-order valence-corrected chi connectivity index (χ0v) is 11.2. The summed E-state index contributed by atoms with van der Waals surface area (Å²) in [4.78, 5) is 13.9. The van der Waals surface area contributed by atoms with Crippen molar-refractivity contribution in [3.63, 3.8) is 0 Å². The monoisotopic (exact) mass is 271 g/mol. The van der Waals surface area contributed by atoms with E-state index < -0.39 is 0 Å². The largest absolute Gasteiger partial charge is 0.367 e. The number of carbonyl (C=O) groups excluding carboxylic acids is 1. The molecule has 0 atom stereocenters. The van der Waals surface area contributed by atoms with Crippen LogP contribution in [0.3, 0.4) is 0 Å². The molecule has 0 N–H and O–H groups in total. The smallest absolute Gasteiger partial charge is 0.248 e. The molecule has 104 valence electrons. The number of hydrogen-bond acceptors (Lipinski definition) is 3. The first kappa shape index (κ1) is 12.9. The Balaban J connectivity index is 1.48. The molecule has 5 heteroatoms. The lowest BCUT2D eigenvalue weighted by atomic mass is 10.2. The molecule has 3 rings (SSSR count). The summed E-state index contributed by atoms with van der Waals surface area (Å²) in [6.07, 6.45) is 1.77. The number of benzene rings is 1. The summed E-state index contributed by atoms with van der Waals surface area (Å²) in [6.45, 7) is 2.67. The Bertz CT molecular complexity index is 580. The molecular formula is C15H17N3O2. The van der Waals surface area contributed by atoms with Crippen molar-refractivity contribution in [2.45, 2.75) is 19.7 Å². The summed E-state index contributed by atoms with van der Waals surface area (Å²) >= 11 is 0. The molecule has 0 fully saturated rings. The molecule has 1 aliphatic heterocycles. The summed E-state index contributed by atoms with van der Waals surface area (Å²) in [6, 6.07) is 11.8. The third-order valence-electron chi connectivity index (χ3n) is 3.43. The van der Waals surface area contributed by atoms with Crippen LogP contribution in [0.15, 0.2) is 42.6 Å². The van der Waals surface area contributed by atoms with Crippen molar-refractivity contribution in [3.8, 4) is 0 Å². The number of rotatable bonds is 4. The van der Waals surface area contributed by atoms with Gasteiger partial charge in [-0.2, -0.15) is 5.10 Å². The molecule has 0 bridgehead atoms. The second kappa shape index (κ2) is 5.88. The third kappa shape index (κ3) is 2.88. The van der Waals surface area contributed by atoms with Crippen LogP contribution in [0.4, 0.5) is 0 Å². The van der Waals surface area contributed by atoms with Gasteiger partial charge in [0.15, 0.2) is 0 Å². The summed E-state index contributed by atoms with van der Waals surface area (Å²) < 4.78 is 7.43. The minimum absolute atomic E-state index is 0.0355. The Morgan fingerprint density at radius 3 is 2.90 bits per heavy atom. The van der Waals surface area contributed by atoms with E-state index >= 15 is 0 Å². The molecule has 0 unspecified atom stereocenters. The molecule has 2 aromatic rings. The van der Waals surface area contributed by atoms with Crippen LogP contribution in [-0.2, 0) is 29.2 Å². The van der Waals surface area contributed by atoms with Crippen molar-refractivity contribution >= 4 is 5.91 Å². The van der Waals surface area contributed by atoms with E-state index in [9.17, 15) is 4.79 Å². The van der Waals surface area contributed by atoms with Gasteiger partial charge in [0, 0.05) is 12.7 Å². The Hall–Kier alpha value is -2.14. The van der Waals surface area contributed by atoms with Crippen molar-refractivity contribution in [1.29, 1.82) is 0 Å². The molecule has 1 aromatic heterocycles. The molecule has 0 spiro atoms. The number of aromatic nitrogens is 2. The molecule has 1 aromatic carbocycles. The predicted octanol–water partition coefficient (Wildman–Crippen LogP) is 1.44. The van der Waals surface area contributed by atoms with Gasteiger partial charge in [-0.3, -0.25) is 9.48 Å². The van der Waals surface area contributed by atoms with Crippen molar-refractivity contribution in [2.75, 3.05) is 13.2 Å². The SMILES string of the molecule is O=C(COCc1ccccc1)N1CCn2nccc2C1. The highest BCUT2D eigenvalue weighted by atomic mass is 16.5. The van der Waals surface area contributed by atoms with E-state index in [2.05, 4.69) is 5.10 Å². The molecule has 1 aliphatic rings. The summed E-state index contributed by atoms with van der Waals surface area (Å²) in [5.74, 6) is 0.0355. The van der Waals surface area contributed by atoms with Crippen molar-refractivity contribution < 1.29 is 9.53 Å². The van der Waals surface area contributed by atoms with Gasteiger partial charge in [-0.05, 0) is 11.6 Å². The highest BCUT2D eigenvalue weighted by molar-refractivity contribution is 5.77. The van der Waals surface area contributed by atoms with Gasteiger partial charge >= 0.3 is 0 Å². The summed E-state index contributed by atoms with van der Waals surface area (Å²) in [5, 5.41) is 4.20. The Labute approximate surface area is 117 Å². The molecule has 5 nitrogen and oxygen atoms in total. The van der Waals surface area contributed by atoms with Gasteiger partial charge in [-0.1, -0.05) is 30.3 Å². The van der Waals surface area contributed by atoms with Crippen LogP contribution in [0.5, 0.6) is 0 Å². The van der Waals surface area contributed by atoms with E-state index in [1.807, 2.05) is 46.0 Å². The van der Waals surface area contributed by atoms with Gasteiger partial charge in [0.1, 0.15) is 6.61 Å². The lowest BCUT2D eigenvalue weighted by molar-refractivity contribution is -0.138. The number of amides is 1. The molecule has 0 aliphatic carbocycles. The van der Waals surface area contributed by atoms with Crippen LogP contribution in [0, 0.1) is 0 Å². The fraction of sp³-hybridized carbons (Fsp3) is 0.333. The normalized spacial score (nSPS) is 14.1. The van der Waals surface area contributed by atoms with Crippen molar-refractivity contribution in [3.05, 3.63) is 53.9 Å². The minimum atomic E-state index is 0.0355. The van der Waals surface area contributed by atoms with E-state index in [0.29, 0.717) is 19.7 Å². The number of nitrogens with zero attached hydrogens (tertiary/aromatic N) is 3. The Morgan fingerprint density at radius 1 is 1.20 bits per heavy atom. The zero-order chi connectivity index (χ0) is 13.8. The highest BCUT2D eigenvalue weighted by Gasteiger charge is 2.20. The quantitative estimate of drug-likeness (QED) is 0.845. The number of hydrogen-bond donors (Lipinski definition) is 0. The topological polar surface area (TPSA) is 47.4 Å². The second-order valence-corrected chi connectivity index (χ2v) is 4.84. The highest BCUT2D eigenvalue weighted by Crippen LogP contribution is 2.11. The first-order valence-corrected chi connectivity index (χ1v) is 6.73. The van der Waals surface area contributed by atoms with Gasteiger partial charge in [0.2, 0.25) is 5.91 Å². The van der Waals surface area contributed by atoms with Crippen LogP contribution in [0.2, 0.25) is 0 Å². The fourth-order valence-electron chi connectivity index (χ4n) is 2.32. The van der Waals surface area contributed by atoms with Crippen LogP contribution in [0.1, 0.15) is 11.3 Å².